The van der Waals surface area contributed by atoms with Crippen LogP contribution in [0.4, 0.5) is 0 Å². The van der Waals surface area contributed by atoms with E-state index in [0.29, 0.717) is 11.9 Å². The highest BCUT2D eigenvalue weighted by atomic mass is 32.1. The second-order valence-electron chi connectivity index (χ2n) is 6.31. The summed E-state index contributed by atoms with van der Waals surface area (Å²) in [4.78, 5) is 7.05. The van der Waals surface area contributed by atoms with Gasteiger partial charge in [0, 0.05) is 17.0 Å². The molecule has 0 N–H and O–H groups in total. The summed E-state index contributed by atoms with van der Waals surface area (Å²) in [6.45, 7) is 1.88. The number of thiophene rings is 1. The third-order valence-electron chi connectivity index (χ3n) is 4.69. The van der Waals surface area contributed by atoms with Gasteiger partial charge in [-0.25, -0.2) is 0 Å². The zero-order valence-corrected chi connectivity index (χ0v) is 14.4. The fourth-order valence-corrected chi connectivity index (χ4v) is 4.04. The van der Waals surface area contributed by atoms with Crippen molar-refractivity contribution in [2.24, 2.45) is 0 Å². The minimum Gasteiger partial charge on any atom is -0.338 e. The van der Waals surface area contributed by atoms with Gasteiger partial charge in [-0.2, -0.15) is 16.3 Å². The summed E-state index contributed by atoms with van der Waals surface area (Å²) in [7, 11) is 0. The molecule has 1 saturated heterocycles. The SMILES string of the molecule is c1ccc(CC[C@H]2CCCN2Cc2nc(-c3ccsc3)no2)cc1. The zero-order chi connectivity index (χ0) is 16.2. The maximum atomic E-state index is 5.46. The molecule has 0 radical (unpaired) electrons. The van der Waals surface area contributed by atoms with Crippen LogP contribution in [0, 0.1) is 0 Å². The molecular weight excluding hydrogens is 318 g/mol. The van der Waals surface area contributed by atoms with Crippen LogP contribution in [0.3, 0.4) is 0 Å². The second-order valence-corrected chi connectivity index (χ2v) is 7.09. The zero-order valence-electron chi connectivity index (χ0n) is 13.6. The summed E-state index contributed by atoms with van der Waals surface area (Å²) in [5, 5.41) is 8.20. The highest BCUT2D eigenvalue weighted by Crippen LogP contribution is 2.25. The predicted octanol–water partition coefficient (Wildman–Crippen LogP) is 4.40. The van der Waals surface area contributed by atoms with E-state index in [1.807, 2.05) is 16.8 Å². The van der Waals surface area contributed by atoms with Gasteiger partial charge in [0.25, 0.3) is 0 Å². The summed E-state index contributed by atoms with van der Waals surface area (Å²) in [5.74, 6) is 1.43. The topological polar surface area (TPSA) is 42.2 Å². The van der Waals surface area contributed by atoms with Gasteiger partial charge >= 0.3 is 0 Å². The van der Waals surface area contributed by atoms with Gasteiger partial charge in [0.15, 0.2) is 0 Å². The number of nitrogens with zero attached hydrogens (tertiary/aromatic N) is 3. The molecule has 1 aliphatic heterocycles. The molecule has 1 atom stereocenters. The van der Waals surface area contributed by atoms with Gasteiger partial charge in [0.05, 0.1) is 6.54 Å². The van der Waals surface area contributed by atoms with Crippen molar-refractivity contribution in [3.05, 3.63) is 58.6 Å². The molecule has 0 bridgehead atoms. The van der Waals surface area contributed by atoms with Crippen LogP contribution in [-0.2, 0) is 13.0 Å². The Balaban J connectivity index is 1.37. The Labute approximate surface area is 146 Å². The van der Waals surface area contributed by atoms with Crippen molar-refractivity contribution in [3.63, 3.8) is 0 Å². The highest BCUT2D eigenvalue weighted by molar-refractivity contribution is 7.08. The Bertz CT molecular complexity index is 754. The van der Waals surface area contributed by atoms with E-state index in [2.05, 4.69) is 45.4 Å². The van der Waals surface area contributed by atoms with Gasteiger partial charge in [-0.15, -0.1) is 0 Å². The number of hydrogen-bond donors (Lipinski definition) is 0. The molecule has 2 aromatic heterocycles. The van der Waals surface area contributed by atoms with E-state index < -0.39 is 0 Å². The van der Waals surface area contributed by atoms with Crippen LogP contribution in [0.5, 0.6) is 0 Å². The molecule has 4 rings (SSSR count). The Morgan fingerprint density at radius 3 is 2.96 bits per heavy atom. The third-order valence-corrected chi connectivity index (χ3v) is 5.38. The van der Waals surface area contributed by atoms with Gasteiger partial charge in [0.2, 0.25) is 11.7 Å². The fraction of sp³-hybridized carbons (Fsp3) is 0.368. The number of aromatic nitrogens is 2. The van der Waals surface area contributed by atoms with Gasteiger partial charge in [0.1, 0.15) is 0 Å². The molecule has 0 spiro atoms. The molecule has 3 aromatic rings. The summed E-state index contributed by atoms with van der Waals surface area (Å²) in [6.07, 6.45) is 4.84. The molecule has 0 amide bonds. The Morgan fingerprint density at radius 2 is 2.12 bits per heavy atom. The van der Waals surface area contributed by atoms with E-state index in [-0.39, 0.29) is 0 Å². The Kier molecular flexibility index (Phi) is 4.71. The standard InChI is InChI=1S/C19H21N3OS/c1-2-5-15(6-3-1)8-9-17-7-4-11-22(17)13-18-20-19(21-23-18)16-10-12-24-14-16/h1-3,5-6,10,12,14,17H,4,7-9,11,13H2/t17-/m1/s1. The van der Waals surface area contributed by atoms with Crippen LogP contribution >= 0.6 is 11.3 Å². The van der Waals surface area contributed by atoms with Crippen LogP contribution in [0.2, 0.25) is 0 Å². The van der Waals surface area contributed by atoms with Crippen molar-refractivity contribution >= 4 is 11.3 Å². The van der Waals surface area contributed by atoms with Gasteiger partial charge in [-0.3, -0.25) is 4.90 Å². The fourth-order valence-electron chi connectivity index (χ4n) is 3.41. The molecule has 4 nitrogen and oxygen atoms in total. The van der Waals surface area contributed by atoms with Crippen molar-refractivity contribution in [1.29, 1.82) is 0 Å². The van der Waals surface area contributed by atoms with Crippen LogP contribution < -0.4 is 0 Å². The molecule has 24 heavy (non-hydrogen) atoms. The third kappa shape index (κ3) is 3.57. The largest absolute Gasteiger partial charge is 0.338 e. The van der Waals surface area contributed by atoms with Crippen molar-refractivity contribution in [1.82, 2.24) is 15.0 Å². The lowest BCUT2D eigenvalue weighted by Gasteiger charge is -2.22. The van der Waals surface area contributed by atoms with Crippen LogP contribution in [0.15, 0.2) is 51.7 Å². The van der Waals surface area contributed by atoms with Crippen molar-refractivity contribution in [2.45, 2.75) is 38.3 Å². The molecule has 0 aliphatic carbocycles. The maximum absolute atomic E-state index is 5.46. The molecular formula is C19H21N3OS. The molecule has 124 valence electrons. The molecule has 1 aliphatic rings. The van der Waals surface area contributed by atoms with Crippen LogP contribution in [0.1, 0.15) is 30.7 Å². The average Bonchev–Trinajstić information content (AvgIpc) is 3.36. The lowest BCUT2D eigenvalue weighted by atomic mass is 10.0. The molecule has 1 aromatic carbocycles. The lowest BCUT2D eigenvalue weighted by Crippen LogP contribution is -2.29. The van der Waals surface area contributed by atoms with Crippen LogP contribution in [0.25, 0.3) is 11.4 Å². The normalized spacial score (nSPS) is 18.2. The highest BCUT2D eigenvalue weighted by Gasteiger charge is 2.26. The Morgan fingerprint density at radius 1 is 1.21 bits per heavy atom. The summed E-state index contributed by atoms with van der Waals surface area (Å²) >= 11 is 1.65. The predicted molar refractivity (Wildman–Crippen MR) is 95.8 cm³/mol. The minimum atomic E-state index is 0.613. The summed E-state index contributed by atoms with van der Waals surface area (Å²) in [5.41, 5.74) is 2.46. The monoisotopic (exact) mass is 339 g/mol. The average molecular weight is 339 g/mol. The maximum Gasteiger partial charge on any atom is 0.241 e. The molecule has 0 unspecified atom stereocenters. The number of hydrogen-bond acceptors (Lipinski definition) is 5. The first-order valence-corrected chi connectivity index (χ1v) is 9.46. The van der Waals surface area contributed by atoms with Gasteiger partial charge in [-0.05, 0) is 49.2 Å². The molecule has 5 heteroatoms. The lowest BCUT2D eigenvalue weighted by molar-refractivity contribution is 0.203. The molecule has 0 saturated carbocycles. The van der Waals surface area contributed by atoms with Gasteiger partial charge in [-0.1, -0.05) is 35.5 Å². The van der Waals surface area contributed by atoms with Crippen molar-refractivity contribution in [3.8, 4) is 11.4 Å². The van der Waals surface area contributed by atoms with Gasteiger partial charge < -0.3 is 4.52 Å². The first-order chi connectivity index (χ1) is 11.9. The summed E-state index contributed by atoms with van der Waals surface area (Å²) in [6, 6.07) is 13.4. The number of benzene rings is 1. The number of aryl methyl sites for hydroxylation is 1. The van der Waals surface area contributed by atoms with Crippen molar-refractivity contribution < 1.29 is 4.52 Å². The van der Waals surface area contributed by atoms with E-state index in [1.165, 1.54) is 24.8 Å². The first-order valence-electron chi connectivity index (χ1n) is 8.51. The quantitative estimate of drug-likeness (QED) is 0.668. The van der Waals surface area contributed by atoms with Crippen LogP contribution in [-0.4, -0.2) is 27.6 Å². The molecule has 3 heterocycles. The number of likely N-dealkylation sites (tertiary alicyclic amines) is 1. The van der Waals surface area contributed by atoms with E-state index in [0.717, 1.165) is 31.0 Å². The first kappa shape index (κ1) is 15.5. The van der Waals surface area contributed by atoms with E-state index in [9.17, 15) is 0 Å². The summed E-state index contributed by atoms with van der Waals surface area (Å²) < 4.78 is 5.46. The molecule has 1 fully saturated rings. The second kappa shape index (κ2) is 7.28. The smallest absolute Gasteiger partial charge is 0.241 e. The van der Waals surface area contributed by atoms with Crippen molar-refractivity contribution in [2.75, 3.05) is 6.54 Å². The van der Waals surface area contributed by atoms with E-state index in [4.69, 9.17) is 4.52 Å². The Hall–Kier alpha value is -1.98. The number of rotatable bonds is 6. The van der Waals surface area contributed by atoms with E-state index in [1.54, 1.807) is 11.3 Å². The minimum absolute atomic E-state index is 0.613. The van der Waals surface area contributed by atoms with E-state index >= 15 is 0 Å².